The van der Waals surface area contributed by atoms with E-state index in [1.54, 1.807) is 11.8 Å². The Hall–Kier alpha value is -1.91. The lowest BCUT2D eigenvalue weighted by Crippen LogP contribution is -2.40. The number of nitrogens with zero attached hydrogens (tertiary/aromatic N) is 2. The third kappa shape index (κ3) is 2.73. The highest BCUT2D eigenvalue weighted by Gasteiger charge is 2.38. The van der Waals surface area contributed by atoms with Crippen molar-refractivity contribution in [3.05, 3.63) is 72.1 Å². The monoisotopic (exact) mass is 324 g/mol. The summed E-state index contributed by atoms with van der Waals surface area (Å²) >= 11 is 1.80. The molecule has 118 valence electrons. The number of aliphatic hydroxyl groups excluding tert-OH is 1. The zero-order valence-corrected chi connectivity index (χ0v) is 13.9. The highest BCUT2D eigenvalue weighted by Crippen LogP contribution is 2.48. The summed E-state index contributed by atoms with van der Waals surface area (Å²) in [6.07, 6.45) is 5.24. The van der Waals surface area contributed by atoms with Crippen LogP contribution in [-0.2, 0) is 6.42 Å². The van der Waals surface area contributed by atoms with Crippen LogP contribution in [-0.4, -0.2) is 21.7 Å². The van der Waals surface area contributed by atoms with E-state index in [9.17, 15) is 5.11 Å². The number of aliphatic hydroxyl groups is 1. The van der Waals surface area contributed by atoms with Gasteiger partial charge >= 0.3 is 0 Å². The second kappa shape index (κ2) is 5.95. The predicted octanol–water partition coefficient (Wildman–Crippen LogP) is 3.93. The predicted molar refractivity (Wildman–Crippen MR) is 95.1 cm³/mol. The first-order valence-electron chi connectivity index (χ1n) is 7.96. The van der Waals surface area contributed by atoms with E-state index in [4.69, 9.17) is 0 Å². The number of rotatable bonds is 4. The van der Waals surface area contributed by atoms with Gasteiger partial charge in [0.15, 0.2) is 5.50 Å². The Morgan fingerprint density at radius 1 is 1.13 bits per heavy atom. The molecule has 2 aliphatic heterocycles. The van der Waals surface area contributed by atoms with E-state index >= 15 is 0 Å². The van der Waals surface area contributed by atoms with Crippen LogP contribution in [0.5, 0.6) is 0 Å². The molecule has 2 aromatic rings. The van der Waals surface area contributed by atoms with E-state index in [1.165, 1.54) is 21.7 Å². The second-order valence-electron chi connectivity index (χ2n) is 6.07. The third-order valence-corrected chi connectivity index (χ3v) is 5.68. The number of fused-ring (bicyclic) bond motifs is 3. The number of thioether (sulfide) groups is 1. The molecule has 1 N–H and O–H groups in total. The molecule has 0 radical (unpaired) electrons. The SMILES string of the molecule is Cc1ccc2c(c1)N1C=CN(C(O)CCc3ccccc3)C1S2. The van der Waals surface area contributed by atoms with Crippen LogP contribution in [0.25, 0.3) is 0 Å². The maximum absolute atomic E-state index is 10.6. The summed E-state index contributed by atoms with van der Waals surface area (Å²) in [6.45, 7) is 2.12. The number of aryl methyl sites for hydroxylation is 2. The first-order valence-corrected chi connectivity index (χ1v) is 8.84. The number of hydrogen-bond acceptors (Lipinski definition) is 4. The quantitative estimate of drug-likeness (QED) is 0.922. The van der Waals surface area contributed by atoms with Crippen molar-refractivity contribution < 1.29 is 5.11 Å². The van der Waals surface area contributed by atoms with Gasteiger partial charge in [0.1, 0.15) is 6.23 Å². The second-order valence-corrected chi connectivity index (χ2v) is 7.17. The molecule has 2 aromatic carbocycles. The molecule has 2 atom stereocenters. The lowest BCUT2D eigenvalue weighted by Gasteiger charge is -2.30. The summed E-state index contributed by atoms with van der Waals surface area (Å²) in [5, 5.41) is 10.6. The van der Waals surface area contributed by atoms with Crippen LogP contribution >= 0.6 is 11.8 Å². The normalized spacial score (nSPS) is 19.8. The molecular formula is C19H20N2OS. The van der Waals surface area contributed by atoms with Crippen molar-refractivity contribution >= 4 is 17.4 Å². The van der Waals surface area contributed by atoms with E-state index < -0.39 is 6.23 Å². The van der Waals surface area contributed by atoms with E-state index in [1.807, 2.05) is 24.4 Å². The minimum Gasteiger partial charge on any atom is -0.374 e. The summed E-state index contributed by atoms with van der Waals surface area (Å²) in [7, 11) is 0. The Kier molecular flexibility index (Phi) is 3.79. The van der Waals surface area contributed by atoms with Crippen molar-refractivity contribution in [2.45, 2.75) is 36.4 Å². The molecule has 0 bridgehead atoms. The van der Waals surface area contributed by atoms with Crippen molar-refractivity contribution in [2.24, 2.45) is 0 Å². The minimum absolute atomic E-state index is 0.137. The molecule has 0 amide bonds. The van der Waals surface area contributed by atoms with Gasteiger partial charge in [-0.2, -0.15) is 0 Å². The number of hydrogen-bond donors (Lipinski definition) is 1. The molecule has 2 heterocycles. The summed E-state index contributed by atoms with van der Waals surface area (Å²) in [5.74, 6) is 0. The first kappa shape index (κ1) is 14.7. The molecule has 0 saturated carbocycles. The van der Waals surface area contributed by atoms with Gasteiger partial charge in [-0.15, -0.1) is 0 Å². The maximum atomic E-state index is 10.6. The molecule has 3 nitrogen and oxygen atoms in total. The number of anilines is 1. The van der Waals surface area contributed by atoms with Crippen molar-refractivity contribution in [1.29, 1.82) is 0 Å². The van der Waals surface area contributed by atoms with Crippen molar-refractivity contribution in [3.63, 3.8) is 0 Å². The number of benzene rings is 2. The maximum Gasteiger partial charge on any atom is 0.160 e. The average Bonchev–Trinajstić information content (AvgIpc) is 3.13. The summed E-state index contributed by atoms with van der Waals surface area (Å²) in [4.78, 5) is 5.59. The zero-order chi connectivity index (χ0) is 15.8. The molecular weight excluding hydrogens is 304 g/mol. The van der Waals surface area contributed by atoms with Crippen LogP contribution < -0.4 is 4.90 Å². The van der Waals surface area contributed by atoms with Gasteiger partial charge in [0.25, 0.3) is 0 Å². The molecule has 4 heteroatoms. The minimum atomic E-state index is -0.468. The van der Waals surface area contributed by atoms with Crippen LogP contribution in [0.15, 0.2) is 65.8 Å². The summed E-state index contributed by atoms with van der Waals surface area (Å²) in [5.41, 5.74) is 3.91. The van der Waals surface area contributed by atoms with E-state index in [2.05, 4.69) is 53.3 Å². The van der Waals surface area contributed by atoms with Gasteiger partial charge in [0.2, 0.25) is 0 Å². The van der Waals surface area contributed by atoms with Crippen molar-refractivity contribution in [1.82, 2.24) is 4.90 Å². The lowest BCUT2D eigenvalue weighted by atomic mass is 10.1. The summed E-state index contributed by atoms with van der Waals surface area (Å²) < 4.78 is 0. The molecule has 2 unspecified atom stereocenters. The highest BCUT2D eigenvalue weighted by molar-refractivity contribution is 8.00. The molecule has 0 spiro atoms. The Balaban J connectivity index is 1.45. The average molecular weight is 324 g/mol. The van der Waals surface area contributed by atoms with Gasteiger partial charge in [-0.3, -0.25) is 0 Å². The van der Waals surface area contributed by atoms with Gasteiger partial charge in [-0.25, -0.2) is 0 Å². The zero-order valence-electron chi connectivity index (χ0n) is 13.1. The van der Waals surface area contributed by atoms with Crippen LogP contribution in [0.3, 0.4) is 0 Å². The Morgan fingerprint density at radius 3 is 2.78 bits per heavy atom. The fraction of sp³-hybridized carbons (Fsp3) is 0.263. The lowest BCUT2D eigenvalue weighted by molar-refractivity contribution is 0.0310. The molecule has 0 fully saturated rings. The summed E-state index contributed by atoms with van der Waals surface area (Å²) in [6, 6.07) is 16.9. The fourth-order valence-electron chi connectivity index (χ4n) is 3.14. The molecule has 2 aliphatic rings. The smallest absolute Gasteiger partial charge is 0.160 e. The Morgan fingerprint density at radius 2 is 1.96 bits per heavy atom. The molecule has 4 rings (SSSR count). The molecule has 0 aromatic heterocycles. The van der Waals surface area contributed by atoms with E-state index in [-0.39, 0.29) is 5.50 Å². The van der Waals surface area contributed by atoms with Gasteiger partial charge in [-0.1, -0.05) is 48.2 Å². The largest absolute Gasteiger partial charge is 0.374 e. The van der Waals surface area contributed by atoms with Crippen molar-refractivity contribution in [2.75, 3.05) is 4.90 Å². The first-order chi connectivity index (χ1) is 11.2. The van der Waals surface area contributed by atoms with Crippen LogP contribution in [0.1, 0.15) is 17.5 Å². The third-order valence-electron chi connectivity index (χ3n) is 4.40. The van der Waals surface area contributed by atoms with Crippen LogP contribution in [0.4, 0.5) is 5.69 Å². The molecule has 0 saturated heterocycles. The van der Waals surface area contributed by atoms with Crippen LogP contribution in [0, 0.1) is 6.92 Å². The van der Waals surface area contributed by atoms with Crippen molar-refractivity contribution in [3.8, 4) is 0 Å². The van der Waals surface area contributed by atoms with E-state index in [0.29, 0.717) is 0 Å². The molecule has 23 heavy (non-hydrogen) atoms. The van der Waals surface area contributed by atoms with Gasteiger partial charge < -0.3 is 14.9 Å². The van der Waals surface area contributed by atoms with E-state index in [0.717, 1.165) is 12.8 Å². The Labute approximate surface area is 141 Å². The molecule has 0 aliphatic carbocycles. The highest BCUT2D eigenvalue weighted by atomic mass is 32.2. The fourth-order valence-corrected chi connectivity index (χ4v) is 4.42. The Bertz CT molecular complexity index is 731. The topological polar surface area (TPSA) is 26.7 Å². The van der Waals surface area contributed by atoms with Gasteiger partial charge in [-0.05, 0) is 43.0 Å². The van der Waals surface area contributed by atoms with Gasteiger partial charge in [0.05, 0.1) is 5.69 Å². The standard InChI is InChI=1S/C19H20N2OS/c1-14-7-9-17-16(13-14)20-11-12-21(19(20)23-17)18(22)10-8-15-5-3-2-4-6-15/h2-7,9,11-13,18-19,22H,8,10H2,1H3. The van der Waals surface area contributed by atoms with Crippen LogP contribution in [0.2, 0.25) is 0 Å². The van der Waals surface area contributed by atoms with Gasteiger partial charge in [0, 0.05) is 17.3 Å².